The van der Waals surface area contributed by atoms with Crippen molar-refractivity contribution in [1.82, 2.24) is 21.1 Å². The number of rotatable bonds is 8. The van der Waals surface area contributed by atoms with E-state index in [0.29, 0.717) is 19.4 Å². The minimum atomic E-state index is -0.842. The van der Waals surface area contributed by atoms with E-state index in [0.717, 1.165) is 10.5 Å². The Hall–Kier alpha value is -3.34. The Kier molecular flexibility index (Phi) is 11.3. The number of nitrogens with zero attached hydrogens (tertiary/aromatic N) is 1. The average Bonchev–Trinajstić information content (AvgIpc) is 2.69. The number of amides is 3. The van der Waals surface area contributed by atoms with E-state index in [2.05, 4.69) is 16.2 Å². The van der Waals surface area contributed by atoms with E-state index in [1.807, 2.05) is 30.3 Å². The molecule has 0 aliphatic carbocycles. The SMILES string of the molecule is CC(C)(C)OC(=O)NC(=N)N(CCCCNNC(=O)OCc1ccccc1)C(=O)OC(C)(C)C. The molecule has 0 radical (unpaired) electrons. The van der Waals surface area contributed by atoms with Crippen LogP contribution < -0.4 is 16.2 Å². The summed E-state index contributed by atoms with van der Waals surface area (Å²) >= 11 is 0. The quantitative estimate of drug-likeness (QED) is 0.146. The molecule has 0 bridgehead atoms. The zero-order valence-corrected chi connectivity index (χ0v) is 20.8. The molecular formula is C23H37N5O6. The molecule has 0 aliphatic rings. The number of nitrogens with one attached hydrogen (secondary N) is 4. The predicted octanol–water partition coefficient (Wildman–Crippen LogP) is 3.89. The summed E-state index contributed by atoms with van der Waals surface area (Å²) in [5.74, 6) is -0.445. The number of hydrazine groups is 1. The van der Waals surface area contributed by atoms with Crippen LogP contribution in [0.4, 0.5) is 14.4 Å². The number of guanidine groups is 1. The molecule has 0 saturated heterocycles. The second-order valence-electron chi connectivity index (χ2n) is 9.43. The molecule has 1 aromatic rings. The first-order valence-electron chi connectivity index (χ1n) is 11.1. The van der Waals surface area contributed by atoms with Crippen molar-refractivity contribution >= 4 is 24.2 Å². The minimum absolute atomic E-state index is 0.115. The molecule has 0 heterocycles. The summed E-state index contributed by atoms with van der Waals surface area (Å²) < 4.78 is 15.6. The van der Waals surface area contributed by atoms with E-state index in [9.17, 15) is 14.4 Å². The van der Waals surface area contributed by atoms with Gasteiger partial charge in [0.25, 0.3) is 0 Å². The van der Waals surface area contributed by atoms with Crippen LogP contribution in [0.2, 0.25) is 0 Å². The molecule has 34 heavy (non-hydrogen) atoms. The molecule has 0 spiro atoms. The normalized spacial score (nSPS) is 11.2. The number of alkyl carbamates (subject to hydrolysis) is 1. The Balaban J connectivity index is 2.45. The van der Waals surface area contributed by atoms with Crippen LogP contribution in [0.3, 0.4) is 0 Å². The van der Waals surface area contributed by atoms with Crippen LogP contribution in [0.5, 0.6) is 0 Å². The van der Waals surface area contributed by atoms with Gasteiger partial charge in [-0.05, 0) is 59.9 Å². The number of ether oxygens (including phenoxy) is 3. The molecule has 11 heteroatoms. The molecule has 190 valence electrons. The minimum Gasteiger partial charge on any atom is -0.444 e. The molecule has 0 fully saturated rings. The third-order valence-corrected chi connectivity index (χ3v) is 3.84. The van der Waals surface area contributed by atoms with Gasteiger partial charge < -0.3 is 14.2 Å². The van der Waals surface area contributed by atoms with Gasteiger partial charge >= 0.3 is 18.3 Å². The standard InChI is InChI=1S/C23H37N5O6/c1-22(2,3)33-19(29)26-18(24)28(21(31)34-23(4,5)6)15-11-10-14-25-27-20(30)32-16-17-12-8-7-9-13-17/h7-9,12-13,25H,10-11,14-16H2,1-6H3,(H,27,30)(H2,24,26,29). The largest absolute Gasteiger partial charge is 0.444 e. The van der Waals surface area contributed by atoms with Crippen molar-refractivity contribution in [3.63, 3.8) is 0 Å². The lowest BCUT2D eigenvalue weighted by Gasteiger charge is -2.28. The fourth-order valence-corrected chi connectivity index (χ4v) is 2.46. The van der Waals surface area contributed by atoms with Crippen molar-refractivity contribution in [2.45, 2.75) is 72.2 Å². The maximum atomic E-state index is 12.5. The summed E-state index contributed by atoms with van der Waals surface area (Å²) in [6.45, 7) is 10.9. The first-order valence-corrected chi connectivity index (χ1v) is 11.1. The van der Waals surface area contributed by atoms with Crippen molar-refractivity contribution in [2.24, 2.45) is 0 Å². The summed E-state index contributed by atoms with van der Waals surface area (Å²) in [6.07, 6.45) is -1.19. The highest BCUT2D eigenvalue weighted by molar-refractivity contribution is 5.99. The lowest BCUT2D eigenvalue weighted by molar-refractivity contribution is 0.0355. The van der Waals surface area contributed by atoms with Gasteiger partial charge in [0.2, 0.25) is 5.96 Å². The monoisotopic (exact) mass is 479 g/mol. The van der Waals surface area contributed by atoms with Crippen LogP contribution in [-0.4, -0.2) is 53.4 Å². The highest BCUT2D eigenvalue weighted by Gasteiger charge is 2.27. The van der Waals surface area contributed by atoms with E-state index < -0.39 is 35.4 Å². The summed E-state index contributed by atoms with van der Waals surface area (Å²) in [7, 11) is 0. The molecule has 0 aromatic heterocycles. The Labute approximate surface area is 201 Å². The summed E-state index contributed by atoms with van der Waals surface area (Å²) in [5.41, 5.74) is 4.54. The van der Waals surface area contributed by atoms with Gasteiger partial charge in [0, 0.05) is 13.1 Å². The van der Waals surface area contributed by atoms with Crippen LogP contribution >= 0.6 is 0 Å². The number of unbranched alkanes of at least 4 members (excludes halogenated alkanes) is 1. The number of hydrogen-bond donors (Lipinski definition) is 4. The van der Waals surface area contributed by atoms with E-state index in [4.69, 9.17) is 19.6 Å². The topological polar surface area (TPSA) is 142 Å². The Bertz CT molecular complexity index is 817. The van der Waals surface area contributed by atoms with Gasteiger partial charge in [-0.2, -0.15) is 0 Å². The summed E-state index contributed by atoms with van der Waals surface area (Å²) in [6, 6.07) is 9.30. The van der Waals surface area contributed by atoms with Crippen molar-refractivity contribution in [2.75, 3.05) is 13.1 Å². The molecule has 0 unspecified atom stereocenters. The zero-order chi connectivity index (χ0) is 25.8. The van der Waals surface area contributed by atoms with E-state index in [1.54, 1.807) is 41.5 Å². The maximum absolute atomic E-state index is 12.5. The van der Waals surface area contributed by atoms with Crippen molar-refractivity contribution < 1.29 is 28.6 Å². The van der Waals surface area contributed by atoms with Gasteiger partial charge in [-0.25, -0.2) is 24.7 Å². The lowest BCUT2D eigenvalue weighted by atomic mass is 10.2. The lowest BCUT2D eigenvalue weighted by Crippen LogP contribution is -2.49. The first-order chi connectivity index (χ1) is 15.8. The van der Waals surface area contributed by atoms with Gasteiger partial charge in [-0.1, -0.05) is 30.3 Å². The van der Waals surface area contributed by atoms with Gasteiger partial charge in [0.05, 0.1) is 0 Å². The van der Waals surface area contributed by atoms with Gasteiger partial charge in [0.15, 0.2) is 0 Å². The van der Waals surface area contributed by atoms with Crippen LogP contribution in [0.1, 0.15) is 59.9 Å². The molecule has 1 aromatic carbocycles. The van der Waals surface area contributed by atoms with E-state index in [1.165, 1.54) is 0 Å². The third kappa shape index (κ3) is 13.3. The van der Waals surface area contributed by atoms with E-state index in [-0.39, 0.29) is 13.2 Å². The van der Waals surface area contributed by atoms with Gasteiger partial charge in [-0.15, -0.1) is 0 Å². The van der Waals surface area contributed by atoms with Crippen molar-refractivity contribution in [3.05, 3.63) is 35.9 Å². The summed E-state index contributed by atoms with van der Waals surface area (Å²) in [4.78, 5) is 37.3. The Morgan fingerprint density at radius 1 is 0.912 bits per heavy atom. The van der Waals surface area contributed by atoms with Crippen LogP contribution in [0.25, 0.3) is 0 Å². The predicted molar refractivity (Wildman–Crippen MR) is 127 cm³/mol. The van der Waals surface area contributed by atoms with Gasteiger partial charge in [-0.3, -0.25) is 16.2 Å². The van der Waals surface area contributed by atoms with Crippen LogP contribution in [0.15, 0.2) is 30.3 Å². The smallest absolute Gasteiger partial charge is 0.421 e. The molecule has 11 nitrogen and oxygen atoms in total. The number of carbonyl (C=O) groups excluding carboxylic acids is 3. The molecule has 0 atom stereocenters. The number of hydrogen-bond acceptors (Lipinski definition) is 8. The Morgan fingerprint density at radius 2 is 1.53 bits per heavy atom. The third-order valence-electron chi connectivity index (χ3n) is 3.84. The van der Waals surface area contributed by atoms with Crippen molar-refractivity contribution in [3.8, 4) is 0 Å². The fraction of sp³-hybridized carbons (Fsp3) is 0.565. The average molecular weight is 480 g/mol. The second-order valence-corrected chi connectivity index (χ2v) is 9.43. The fourth-order valence-electron chi connectivity index (χ4n) is 2.46. The second kappa shape index (κ2) is 13.4. The highest BCUT2D eigenvalue weighted by Crippen LogP contribution is 2.11. The van der Waals surface area contributed by atoms with Crippen LogP contribution in [0, 0.1) is 5.41 Å². The maximum Gasteiger partial charge on any atom is 0.421 e. The van der Waals surface area contributed by atoms with Crippen LogP contribution in [-0.2, 0) is 20.8 Å². The van der Waals surface area contributed by atoms with Crippen molar-refractivity contribution in [1.29, 1.82) is 5.41 Å². The Morgan fingerprint density at radius 3 is 2.12 bits per heavy atom. The zero-order valence-electron chi connectivity index (χ0n) is 20.8. The molecule has 3 amide bonds. The summed E-state index contributed by atoms with van der Waals surface area (Å²) in [5, 5.41) is 10.4. The molecule has 1 rings (SSSR count). The molecular weight excluding hydrogens is 442 g/mol. The van der Waals surface area contributed by atoms with E-state index >= 15 is 0 Å². The molecule has 4 N–H and O–H groups in total. The molecule has 0 aliphatic heterocycles. The molecule has 0 saturated carbocycles. The number of benzene rings is 1. The highest BCUT2D eigenvalue weighted by atomic mass is 16.6. The number of carbonyl (C=O) groups is 3. The van der Waals surface area contributed by atoms with Gasteiger partial charge in [0.1, 0.15) is 17.8 Å². The first kappa shape index (κ1) is 28.7.